The highest BCUT2D eigenvalue weighted by Crippen LogP contribution is 2.40. The van der Waals surface area contributed by atoms with E-state index in [1.807, 2.05) is 0 Å². The standard InChI is InChI=1S/C14H21N3O2/c1-3-14(4-2)6-8-17(9-14)12-11(15)10(13(18)19)5-7-16-12/h5,7H,3-4,6,8-9,15H2,1-2H3,(H,18,19). The second-order valence-electron chi connectivity index (χ2n) is 5.28. The number of hydrogen-bond acceptors (Lipinski definition) is 4. The van der Waals surface area contributed by atoms with Gasteiger partial charge in [0.2, 0.25) is 0 Å². The third-order valence-corrected chi connectivity index (χ3v) is 4.44. The number of rotatable bonds is 4. The minimum Gasteiger partial charge on any atom is -0.478 e. The van der Waals surface area contributed by atoms with Gasteiger partial charge in [-0.15, -0.1) is 0 Å². The highest BCUT2D eigenvalue weighted by atomic mass is 16.4. The molecule has 0 unspecified atom stereocenters. The highest BCUT2D eigenvalue weighted by Gasteiger charge is 2.36. The molecule has 104 valence electrons. The quantitative estimate of drug-likeness (QED) is 0.871. The van der Waals surface area contributed by atoms with Crippen LogP contribution in [0, 0.1) is 5.41 Å². The van der Waals surface area contributed by atoms with Gasteiger partial charge in [0, 0.05) is 19.3 Å². The molecular weight excluding hydrogens is 242 g/mol. The maximum atomic E-state index is 11.1. The van der Waals surface area contributed by atoms with Gasteiger partial charge in [-0.3, -0.25) is 0 Å². The van der Waals surface area contributed by atoms with Crippen molar-refractivity contribution < 1.29 is 9.90 Å². The second-order valence-corrected chi connectivity index (χ2v) is 5.28. The Hall–Kier alpha value is -1.78. The molecule has 0 amide bonds. The molecule has 3 N–H and O–H groups in total. The molecule has 0 aliphatic carbocycles. The molecule has 2 rings (SSSR count). The van der Waals surface area contributed by atoms with E-state index in [1.165, 1.54) is 12.3 Å². The summed E-state index contributed by atoms with van der Waals surface area (Å²) < 4.78 is 0. The minimum absolute atomic E-state index is 0.135. The van der Waals surface area contributed by atoms with E-state index in [-0.39, 0.29) is 11.3 Å². The summed E-state index contributed by atoms with van der Waals surface area (Å²) in [6.07, 6.45) is 4.88. The Balaban J connectivity index is 2.30. The SMILES string of the molecule is CCC1(CC)CCN(c2nccc(C(=O)O)c2N)C1. The summed E-state index contributed by atoms with van der Waals surface area (Å²) in [5, 5.41) is 9.10. The van der Waals surface area contributed by atoms with E-state index < -0.39 is 5.97 Å². The van der Waals surface area contributed by atoms with Gasteiger partial charge < -0.3 is 15.7 Å². The first kappa shape index (κ1) is 13.6. The zero-order valence-corrected chi connectivity index (χ0v) is 11.5. The van der Waals surface area contributed by atoms with Crippen molar-refractivity contribution in [1.29, 1.82) is 0 Å². The molecule has 0 aromatic carbocycles. The second kappa shape index (κ2) is 5.07. The summed E-state index contributed by atoms with van der Waals surface area (Å²) in [5.74, 6) is -0.388. The van der Waals surface area contributed by atoms with Gasteiger partial charge >= 0.3 is 5.97 Å². The third-order valence-electron chi connectivity index (χ3n) is 4.44. The fraction of sp³-hybridized carbons (Fsp3) is 0.571. The molecule has 1 aliphatic rings. The molecule has 5 heteroatoms. The number of hydrogen-bond donors (Lipinski definition) is 2. The normalized spacial score (nSPS) is 17.7. The number of nitrogens with zero attached hydrogens (tertiary/aromatic N) is 2. The summed E-state index contributed by atoms with van der Waals surface area (Å²) in [6.45, 7) is 6.21. The molecule has 1 aromatic rings. The summed E-state index contributed by atoms with van der Waals surface area (Å²) in [7, 11) is 0. The molecule has 19 heavy (non-hydrogen) atoms. The van der Waals surface area contributed by atoms with Crippen LogP contribution in [0.1, 0.15) is 43.5 Å². The van der Waals surface area contributed by atoms with Crippen LogP contribution in [-0.4, -0.2) is 29.1 Å². The Labute approximate surface area is 113 Å². The number of pyridine rings is 1. The Morgan fingerprint density at radius 3 is 2.74 bits per heavy atom. The van der Waals surface area contributed by atoms with Crippen LogP contribution < -0.4 is 10.6 Å². The van der Waals surface area contributed by atoms with Crippen LogP contribution in [0.3, 0.4) is 0 Å². The number of carboxylic acid groups (broad SMARTS) is 1. The van der Waals surface area contributed by atoms with Crippen molar-refractivity contribution in [2.24, 2.45) is 5.41 Å². The van der Waals surface area contributed by atoms with Crippen molar-refractivity contribution in [1.82, 2.24) is 4.98 Å². The van der Waals surface area contributed by atoms with Crippen molar-refractivity contribution in [3.63, 3.8) is 0 Å². The highest BCUT2D eigenvalue weighted by molar-refractivity contribution is 5.96. The summed E-state index contributed by atoms with van der Waals surface area (Å²) >= 11 is 0. The van der Waals surface area contributed by atoms with Crippen LogP contribution in [-0.2, 0) is 0 Å². The Morgan fingerprint density at radius 2 is 2.21 bits per heavy atom. The van der Waals surface area contributed by atoms with E-state index in [0.29, 0.717) is 11.2 Å². The topological polar surface area (TPSA) is 79.5 Å². The average molecular weight is 263 g/mol. The maximum absolute atomic E-state index is 11.1. The van der Waals surface area contributed by atoms with Gasteiger partial charge in [0.1, 0.15) is 0 Å². The lowest BCUT2D eigenvalue weighted by Gasteiger charge is -2.27. The third kappa shape index (κ3) is 2.37. The Morgan fingerprint density at radius 1 is 1.53 bits per heavy atom. The summed E-state index contributed by atoms with van der Waals surface area (Å²) in [5.41, 5.74) is 6.67. The molecule has 0 radical (unpaired) electrons. The number of aromatic nitrogens is 1. The molecule has 2 heterocycles. The van der Waals surface area contributed by atoms with Gasteiger partial charge in [0.15, 0.2) is 5.82 Å². The first-order valence-corrected chi connectivity index (χ1v) is 6.75. The molecule has 0 saturated carbocycles. The van der Waals surface area contributed by atoms with Crippen molar-refractivity contribution in [3.05, 3.63) is 17.8 Å². The van der Waals surface area contributed by atoms with E-state index in [1.54, 1.807) is 0 Å². The van der Waals surface area contributed by atoms with E-state index in [4.69, 9.17) is 10.8 Å². The van der Waals surface area contributed by atoms with Crippen LogP contribution in [0.15, 0.2) is 12.3 Å². The lowest BCUT2D eigenvalue weighted by atomic mass is 9.82. The number of anilines is 2. The van der Waals surface area contributed by atoms with Crippen molar-refractivity contribution >= 4 is 17.5 Å². The van der Waals surface area contributed by atoms with Gasteiger partial charge in [0.05, 0.1) is 11.3 Å². The van der Waals surface area contributed by atoms with Gasteiger partial charge in [-0.05, 0) is 30.7 Å². The van der Waals surface area contributed by atoms with Crippen LogP contribution in [0.4, 0.5) is 11.5 Å². The van der Waals surface area contributed by atoms with Crippen molar-refractivity contribution in [2.75, 3.05) is 23.7 Å². The van der Waals surface area contributed by atoms with Gasteiger partial charge in [-0.2, -0.15) is 0 Å². The summed E-state index contributed by atoms with van der Waals surface area (Å²) in [4.78, 5) is 17.5. The molecule has 1 saturated heterocycles. The zero-order chi connectivity index (χ0) is 14.0. The van der Waals surface area contributed by atoms with Crippen LogP contribution >= 0.6 is 0 Å². The van der Waals surface area contributed by atoms with Gasteiger partial charge in [-0.1, -0.05) is 13.8 Å². The minimum atomic E-state index is -1.00. The number of aromatic carboxylic acids is 1. The number of carbonyl (C=O) groups is 1. The molecule has 1 fully saturated rings. The zero-order valence-electron chi connectivity index (χ0n) is 11.5. The van der Waals surface area contributed by atoms with E-state index in [0.717, 1.165) is 32.4 Å². The smallest absolute Gasteiger partial charge is 0.337 e. The van der Waals surface area contributed by atoms with Crippen molar-refractivity contribution in [3.8, 4) is 0 Å². The molecule has 0 atom stereocenters. The Kier molecular flexibility index (Phi) is 3.64. The molecule has 5 nitrogen and oxygen atoms in total. The fourth-order valence-corrected chi connectivity index (χ4v) is 2.84. The molecule has 0 spiro atoms. The Bertz CT molecular complexity index is 484. The predicted octanol–water partition coefficient (Wildman–Crippen LogP) is 2.38. The van der Waals surface area contributed by atoms with Crippen LogP contribution in [0.5, 0.6) is 0 Å². The molecule has 0 bridgehead atoms. The van der Waals surface area contributed by atoms with Gasteiger partial charge in [-0.25, -0.2) is 9.78 Å². The molecular formula is C14H21N3O2. The fourth-order valence-electron chi connectivity index (χ4n) is 2.84. The molecule has 1 aliphatic heterocycles. The van der Waals surface area contributed by atoms with E-state index in [2.05, 4.69) is 23.7 Å². The van der Waals surface area contributed by atoms with Crippen LogP contribution in [0.25, 0.3) is 0 Å². The number of carboxylic acids is 1. The first-order chi connectivity index (χ1) is 9.03. The lowest BCUT2D eigenvalue weighted by Crippen LogP contribution is -2.27. The molecule has 1 aromatic heterocycles. The van der Waals surface area contributed by atoms with E-state index in [9.17, 15) is 4.79 Å². The lowest BCUT2D eigenvalue weighted by molar-refractivity contribution is 0.0698. The van der Waals surface area contributed by atoms with Gasteiger partial charge in [0.25, 0.3) is 0 Å². The average Bonchev–Trinajstić information content (AvgIpc) is 2.83. The first-order valence-electron chi connectivity index (χ1n) is 6.75. The largest absolute Gasteiger partial charge is 0.478 e. The summed E-state index contributed by atoms with van der Waals surface area (Å²) in [6, 6.07) is 1.45. The predicted molar refractivity (Wildman–Crippen MR) is 75.5 cm³/mol. The van der Waals surface area contributed by atoms with Crippen LogP contribution in [0.2, 0.25) is 0 Å². The van der Waals surface area contributed by atoms with E-state index >= 15 is 0 Å². The number of nitrogen functional groups attached to an aromatic ring is 1. The monoisotopic (exact) mass is 263 g/mol. The maximum Gasteiger partial charge on any atom is 0.337 e. The number of nitrogens with two attached hydrogens (primary N) is 1. The van der Waals surface area contributed by atoms with Crippen molar-refractivity contribution in [2.45, 2.75) is 33.1 Å².